The van der Waals surface area contributed by atoms with E-state index in [4.69, 9.17) is 9.47 Å². The summed E-state index contributed by atoms with van der Waals surface area (Å²) in [6.07, 6.45) is 6.16. The van der Waals surface area contributed by atoms with Gasteiger partial charge in [0, 0.05) is 12.3 Å². The fourth-order valence-corrected chi connectivity index (χ4v) is 8.31. The number of alkyl carbamates (subject to hydrolysis) is 1. The largest absolute Gasteiger partial charge is 0.457 e. The number of nitrogens with one attached hydrogen (secondary N) is 3. The fourth-order valence-electron chi connectivity index (χ4n) is 6.95. The van der Waals surface area contributed by atoms with E-state index in [0.717, 1.165) is 24.0 Å². The molecule has 14 heteroatoms. The van der Waals surface area contributed by atoms with Gasteiger partial charge in [-0.2, -0.15) is 0 Å². The normalized spacial score (nSPS) is 27.1. The van der Waals surface area contributed by atoms with E-state index < -0.39 is 80.3 Å². The summed E-state index contributed by atoms with van der Waals surface area (Å²) in [6.45, 7) is 4.98. The number of carbonyl (C=O) groups excluding carboxylic acids is 5. The molecule has 2 aliphatic heterocycles. The minimum Gasteiger partial charge on any atom is -0.457 e. The van der Waals surface area contributed by atoms with Crippen molar-refractivity contribution in [3.8, 4) is 11.1 Å². The third kappa shape index (κ3) is 9.27. The SMILES string of the molecule is CC(C)(C)OC(=O)NC1CCCCC/C=C\C2CC2(C(=O)NS(=O)(=O)C2CC2)NC(=O)C2CC(OC(=O)c3ccc(-c4ccccc4)cc3)CN2C1=O. The number of sulfonamides is 1. The number of benzene rings is 2. The molecule has 2 aromatic rings. The first-order chi connectivity index (χ1) is 25.1. The van der Waals surface area contributed by atoms with Crippen molar-refractivity contribution in [3.05, 3.63) is 72.3 Å². The standard InChI is InChI=1S/C39H48N4O9S/c1-38(2,3)52-37(48)40-31-15-11-6-4-5-10-14-28-23-39(28,36(47)42-53(49,50)30-20-21-30)41-33(44)32-22-29(24-43(32)34(31)45)51-35(46)27-18-16-26(17-19-27)25-12-8-7-9-13-25/h7-10,12-14,16-19,28-32H,4-6,11,15,20-24H2,1-3H3,(H,40,48)(H,41,44)(H,42,47)/b14-10-. The van der Waals surface area contributed by atoms with Crippen molar-refractivity contribution in [1.82, 2.24) is 20.3 Å². The summed E-state index contributed by atoms with van der Waals surface area (Å²) < 4.78 is 39.1. The van der Waals surface area contributed by atoms with Crippen molar-refractivity contribution in [2.45, 2.75) is 113 Å². The quantitative estimate of drug-likeness (QED) is 0.274. The number of fused-ring (bicyclic) bond motifs is 2. The van der Waals surface area contributed by atoms with Crippen LogP contribution in [0.3, 0.4) is 0 Å². The Morgan fingerprint density at radius 3 is 2.30 bits per heavy atom. The summed E-state index contributed by atoms with van der Waals surface area (Å²) in [4.78, 5) is 69.7. The molecule has 1 saturated heterocycles. The average Bonchev–Trinajstić information content (AvgIpc) is 4.03. The molecule has 3 N–H and O–H groups in total. The van der Waals surface area contributed by atoms with E-state index in [1.165, 1.54) is 4.90 Å². The topological polar surface area (TPSA) is 177 Å². The molecule has 0 spiro atoms. The lowest BCUT2D eigenvalue weighted by atomic mass is 10.0. The molecule has 5 unspecified atom stereocenters. The first-order valence-corrected chi connectivity index (χ1v) is 19.9. The van der Waals surface area contributed by atoms with Crippen LogP contribution in [0.15, 0.2) is 66.7 Å². The van der Waals surface area contributed by atoms with Gasteiger partial charge in [0.25, 0.3) is 5.91 Å². The molecular weight excluding hydrogens is 701 g/mol. The average molecular weight is 749 g/mol. The van der Waals surface area contributed by atoms with Crippen LogP contribution in [0.2, 0.25) is 0 Å². The van der Waals surface area contributed by atoms with E-state index in [1.54, 1.807) is 32.9 Å². The maximum absolute atomic E-state index is 14.3. The molecule has 13 nitrogen and oxygen atoms in total. The van der Waals surface area contributed by atoms with Crippen LogP contribution < -0.4 is 15.4 Å². The Hall–Kier alpha value is -4.72. The number of hydrogen-bond donors (Lipinski definition) is 3. The molecule has 2 heterocycles. The summed E-state index contributed by atoms with van der Waals surface area (Å²) in [6, 6.07) is 14.4. The van der Waals surface area contributed by atoms with Crippen LogP contribution in [0.1, 0.15) is 88.9 Å². The van der Waals surface area contributed by atoms with Crippen molar-refractivity contribution in [3.63, 3.8) is 0 Å². The lowest BCUT2D eigenvalue weighted by Crippen LogP contribution is -2.58. The number of esters is 1. The predicted molar refractivity (Wildman–Crippen MR) is 196 cm³/mol. The molecule has 0 bridgehead atoms. The van der Waals surface area contributed by atoms with Gasteiger partial charge < -0.3 is 25.0 Å². The Labute approximate surface area is 310 Å². The second kappa shape index (κ2) is 15.3. The van der Waals surface area contributed by atoms with Crippen LogP contribution in [0.25, 0.3) is 11.1 Å². The van der Waals surface area contributed by atoms with Crippen LogP contribution >= 0.6 is 0 Å². The van der Waals surface area contributed by atoms with Gasteiger partial charge in [0.2, 0.25) is 21.8 Å². The number of carbonyl (C=O) groups is 5. The van der Waals surface area contributed by atoms with Gasteiger partial charge in [0.1, 0.15) is 29.3 Å². The fraction of sp³-hybridized carbons (Fsp3) is 0.513. The Bertz CT molecular complexity index is 1850. The Morgan fingerprint density at radius 2 is 1.62 bits per heavy atom. The van der Waals surface area contributed by atoms with Crippen LogP contribution in [0.5, 0.6) is 0 Å². The Morgan fingerprint density at radius 1 is 0.925 bits per heavy atom. The number of amides is 4. The van der Waals surface area contributed by atoms with Crippen molar-refractivity contribution < 1.29 is 41.9 Å². The molecule has 2 saturated carbocycles. The zero-order valence-electron chi connectivity index (χ0n) is 30.3. The molecule has 0 radical (unpaired) electrons. The van der Waals surface area contributed by atoms with Gasteiger partial charge in [-0.15, -0.1) is 0 Å². The highest BCUT2D eigenvalue weighted by Gasteiger charge is 2.62. The van der Waals surface area contributed by atoms with Gasteiger partial charge in [-0.3, -0.25) is 19.1 Å². The van der Waals surface area contributed by atoms with Gasteiger partial charge in [-0.25, -0.2) is 18.0 Å². The van der Waals surface area contributed by atoms with E-state index >= 15 is 0 Å². The maximum Gasteiger partial charge on any atom is 0.408 e. The summed E-state index contributed by atoms with van der Waals surface area (Å²) in [7, 11) is -3.90. The molecule has 0 aromatic heterocycles. The van der Waals surface area contributed by atoms with Gasteiger partial charge in [-0.1, -0.05) is 67.5 Å². The lowest BCUT2D eigenvalue weighted by Gasteiger charge is -2.30. The van der Waals surface area contributed by atoms with E-state index in [-0.39, 0.29) is 31.4 Å². The van der Waals surface area contributed by atoms with E-state index in [2.05, 4.69) is 15.4 Å². The minimum atomic E-state index is -3.90. The van der Waals surface area contributed by atoms with Crippen LogP contribution in [-0.2, 0) is 33.9 Å². The van der Waals surface area contributed by atoms with Crippen molar-refractivity contribution in [2.75, 3.05) is 6.54 Å². The lowest BCUT2D eigenvalue weighted by molar-refractivity contribution is -0.141. The van der Waals surface area contributed by atoms with Gasteiger partial charge in [0.15, 0.2) is 0 Å². The predicted octanol–water partition coefficient (Wildman–Crippen LogP) is 4.38. The Kier molecular flexibility index (Phi) is 11.0. The molecule has 2 aliphatic carbocycles. The maximum atomic E-state index is 14.3. The number of ether oxygens (including phenoxy) is 2. The van der Waals surface area contributed by atoms with E-state index in [0.29, 0.717) is 25.7 Å². The van der Waals surface area contributed by atoms with E-state index in [1.807, 2.05) is 54.6 Å². The molecule has 4 aliphatic rings. The van der Waals surface area contributed by atoms with Crippen LogP contribution in [-0.4, -0.2) is 84.2 Å². The highest BCUT2D eigenvalue weighted by Crippen LogP contribution is 2.46. The third-order valence-electron chi connectivity index (χ3n) is 10.0. The smallest absolute Gasteiger partial charge is 0.408 e. The second-order valence-electron chi connectivity index (χ2n) is 15.4. The van der Waals surface area contributed by atoms with Gasteiger partial charge in [-0.05, 0) is 82.6 Å². The van der Waals surface area contributed by atoms with Crippen molar-refractivity contribution in [2.24, 2.45) is 5.92 Å². The first kappa shape index (κ1) is 38.0. The zero-order valence-corrected chi connectivity index (χ0v) is 31.2. The Balaban J connectivity index is 1.25. The zero-order chi connectivity index (χ0) is 38.0. The van der Waals surface area contributed by atoms with Gasteiger partial charge in [0.05, 0.1) is 17.4 Å². The molecular formula is C39H48N4O9S. The monoisotopic (exact) mass is 748 g/mol. The molecule has 2 aromatic carbocycles. The minimum absolute atomic E-state index is 0.0802. The number of rotatable bonds is 7. The highest BCUT2D eigenvalue weighted by molar-refractivity contribution is 7.91. The molecule has 3 fully saturated rings. The third-order valence-corrected chi connectivity index (χ3v) is 11.9. The van der Waals surface area contributed by atoms with Crippen LogP contribution in [0.4, 0.5) is 4.79 Å². The van der Waals surface area contributed by atoms with Crippen LogP contribution in [0, 0.1) is 5.92 Å². The molecule has 4 amide bonds. The first-order valence-electron chi connectivity index (χ1n) is 18.4. The van der Waals surface area contributed by atoms with Crippen molar-refractivity contribution >= 4 is 39.8 Å². The highest BCUT2D eigenvalue weighted by atomic mass is 32.2. The summed E-state index contributed by atoms with van der Waals surface area (Å²) in [5.74, 6) is -3.16. The molecule has 284 valence electrons. The molecule has 6 rings (SSSR count). The summed E-state index contributed by atoms with van der Waals surface area (Å²) >= 11 is 0. The molecule has 53 heavy (non-hydrogen) atoms. The van der Waals surface area contributed by atoms with Crippen molar-refractivity contribution in [1.29, 1.82) is 0 Å². The van der Waals surface area contributed by atoms with E-state index in [9.17, 15) is 32.4 Å². The summed E-state index contributed by atoms with van der Waals surface area (Å²) in [5.41, 5.74) is -0.174. The number of hydrogen-bond acceptors (Lipinski definition) is 9. The number of allylic oxidation sites excluding steroid dienone is 1. The summed E-state index contributed by atoms with van der Waals surface area (Å²) in [5, 5.41) is 4.86. The van der Waals surface area contributed by atoms with Gasteiger partial charge >= 0.3 is 12.1 Å². The number of nitrogens with zero attached hydrogens (tertiary/aromatic N) is 1. The second-order valence-corrected chi connectivity index (χ2v) is 17.4. The molecule has 5 atom stereocenters.